The van der Waals surface area contributed by atoms with E-state index in [2.05, 4.69) is 10.1 Å². The standard InChI is InChI=1S/C21H22F3N3O4S/c22-21(23,24)31-16-6-8-17(9-7-16)32(29,30)27-13-11-26(12-14-27)20(28)25-19-10-5-15-3-1-2-4-18(15)19/h1-4,6-9,19H,5,10-14H2,(H,25,28). The van der Waals surface area contributed by atoms with Gasteiger partial charge in [-0.3, -0.25) is 0 Å². The molecule has 1 aliphatic carbocycles. The Bertz CT molecular complexity index is 1080. The maximum Gasteiger partial charge on any atom is 0.573 e. The lowest BCUT2D eigenvalue weighted by Crippen LogP contribution is -2.53. The van der Waals surface area contributed by atoms with Gasteiger partial charge in [0.15, 0.2) is 0 Å². The van der Waals surface area contributed by atoms with E-state index in [0.717, 1.165) is 42.7 Å². The minimum absolute atomic E-state index is 0.0575. The number of sulfonamides is 1. The van der Waals surface area contributed by atoms with Crippen molar-refractivity contribution in [2.24, 2.45) is 0 Å². The molecular formula is C21H22F3N3O4S. The van der Waals surface area contributed by atoms with Gasteiger partial charge < -0.3 is 15.0 Å². The molecule has 0 saturated carbocycles. The molecule has 1 N–H and O–H groups in total. The number of carbonyl (C=O) groups is 1. The van der Waals surface area contributed by atoms with Gasteiger partial charge in [-0.15, -0.1) is 13.2 Å². The van der Waals surface area contributed by atoms with Gasteiger partial charge in [0.05, 0.1) is 10.9 Å². The number of fused-ring (bicyclic) bond motifs is 1. The second-order valence-electron chi connectivity index (χ2n) is 7.65. The molecule has 4 rings (SSSR count). The van der Waals surface area contributed by atoms with Crippen LogP contribution in [0.4, 0.5) is 18.0 Å². The maximum atomic E-state index is 12.8. The summed E-state index contributed by atoms with van der Waals surface area (Å²) < 4.78 is 67.5. The Kier molecular flexibility index (Phi) is 6.04. The molecule has 1 heterocycles. The molecule has 1 saturated heterocycles. The quantitative estimate of drug-likeness (QED) is 0.746. The molecule has 2 aliphatic rings. The van der Waals surface area contributed by atoms with Crippen molar-refractivity contribution >= 4 is 16.1 Å². The Labute approximate surface area is 183 Å². The van der Waals surface area contributed by atoms with Crippen molar-refractivity contribution in [3.05, 3.63) is 59.7 Å². The smallest absolute Gasteiger partial charge is 0.406 e. The summed E-state index contributed by atoms with van der Waals surface area (Å²) in [5.41, 5.74) is 2.33. The number of rotatable bonds is 4. The van der Waals surface area contributed by atoms with Gasteiger partial charge in [-0.25, -0.2) is 13.2 Å². The third kappa shape index (κ3) is 4.83. The Morgan fingerprint density at radius 1 is 1.00 bits per heavy atom. The molecule has 0 spiro atoms. The largest absolute Gasteiger partial charge is 0.573 e. The second-order valence-corrected chi connectivity index (χ2v) is 9.59. The van der Waals surface area contributed by atoms with Crippen molar-refractivity contribution in [1.82, 2.24) is 14.5 Å². The number of urea groups is 1. The Morgan fingerprint density at radius 3 is 2.31 bits per heavy atom. The van der Waals surface area contributed by atoms with Crippen LogP contribution in [-0.2, 0) is 16.4 Å². The first-order valence-electron chi connectivity index (χ1n) is 10.1. The van der Waals surface area contributed by atoms with Crippen molar-refractivity contribution in [1.29, 1.82) is 0 Å². The summed E-state index contributed by atoms with van der Waals surface area (Å²) in [6.07, 6.45) is -3.12. The molecule has 0 bridgehead atoms. The first-order valence-corrected chi connectivity index (χ1v) is 11.6. The lowest BCUT2D eigenvalue weighted by atomic mass is 10.1. The fourth-order valence-electron chi connectivity index (χ4n) is 4.04. The van der Waals surface area contributed by atoms with Crippen LogP contribution in [0.25, 0.3) is 0 Å². The minimum atomic E-state index is -4.85. The first-order chi connectivity index (χ1) is 15.1. The van der Waals surface area contributed by atoms with Crippen LogP contribution < -0.4 is 10.1 Å². The van der Waals surface area contributed by atoms with Gasteiger partial charge >= 0.3 is 12.4 Å². The highest BCUT2D eigenvalue weighted by Crippen LogP contribution is 2.31. The van der Waals surface area contributed by atoms with E-state index in [1.807, 2.05) is 24.3 Å². The molecule has 7 nitrogen and oxygen atoms in total. The molecule has 0 radical (unpaired) electrons. The van der Waals surface area contributed by atoms with Crippen LogP contribution in [0.3, 0.4) is 0 Å². The van der Waals surface area contributed by atoms with E-state index in [-0.39, 0.29) is 43.1 Å². The molecule has 1 atom stereocenters. The van der Waals surface area contributed by atoms with Gasteiger partial charge in [-0.05, 0) is 48.2 Å². The molecule has 2 aromatic rings. The van der Waals surface area contributed by atoms with Crippen LogP contribution in [0.1, 0.15) is 23.6 Å². The summed E-state index contributed by atoms with van der Waals surface area (Å²) in [7, 11) is -3.90. The number of aryl methyl sites for hydroxylation is 1. The number of hydrogen-bond donors (Lipinski definition) is 1. The van der Waals surface area contributed by atoms with Crippen LogP contribution in [0.5, 0.6) is 5.75 Å². The Morgan fingerprint density at radius 2 is 1.66 bits per heavy atom. The van der Waals surface area contributed by atoms with Crippen LogP contribution >= 0.6 is 0 Å². The molecule has 1 unspecified atom stereocenters. The van der Waals surface area contributed by atoms with Crippen molar-refractivity contribution in [2.45, 2.75) is 30.1 Å². The van der Waals surface area contributed by atoms with E-state index in [1.54, 1.807) is 4.90 Å². The number of nitrogens with zero attached hydrogens (tertiary/aromatic N) is 2. The number of amides is 2. The molecule has 1 aliphatic heterocycles. The molecule has 2 amide bonds. The van der Waals surface area contributed by atoms with E-state index in [1.165, 1.54) is 9.87 Å². The average Bonchev–Trinajstić information content (AvgIpc) is 3.16. The third-order valence-electron chi connectivity index (χ3n) is 5.65. The number of carbonyl (C=O) groups excluding carboxylic acids is 1. The minimum Gasteiger partial charge on any atom is -0.406 e. The zero-order chi connectivity index (χ0) is 22.9. The average molecular weight is 469 g/mol. The SMILES string of the molecule is O=C(NC1CCc2ccccc21)N1CCN(S(=O)(=O)c2ccc(OC(F)(F)F)cc2)CC1. The topological polar surface area (TPSA) is 79.0 Å². The van der Waals surface area contributed by atoms with Gasteiger partial charge in [0.2, 0.25) is 10.0 Å². The predicted octanol–water partition coefficient (Wildman–Crippen LogP) is 3.29. The van der Waals surface area contributed by atoms with E-state index in [4.69, 9.17) is 0 Å². The van der Waals surface area contributed by atoms with E-state index < -0.39 is 22.1 Å². The Balaban J connectivity index is 1.34. The molecule has 1 fully saturated rings. The number of piperazine rings is 1. The van der Waals surface area contributed by atoms with Crippen LogP contribution in [0, 0.1) is 0 Å². The zero-order valence-electron chi connectivity index (χ0n) is 17.0. The van der Waals surface area contributed by atoms with Crippen LogP contribution in [0.2, 0.25) is 0 Å². The highest BCUT2D eigenvalue weighted by Gasteiger charge is 2.33. The first kappa shape index (κ1) is 22.4. The normalized spacial score (nSPS) is 19.5. The second kappa shape index (κ2) is 8.62. The number of halogens is 3. The number of ether oxygens (including phenoxy) is 1. The highest BCUT2D eigenvalue weighted by atomic mass is 32.2. The molecule has 2 aromatic carbocycles. The lowest BCUT2D eigenvalue weighted by Gasteiger charge is -2.34. The molecule has 0 aromatic heterocycles. The van der Waals surface area contributed by atoms with Crippen molar-refractivity contribution in [2.75, 3.05) is 26.2 Å². The lowest BCUT2D eigenvalue weighted by molar-refractivity contribution is -0.274. The third-order valence-corrected chi connectivity index (χ3v) is 7.56. The number of benzene rings is 2. The summed E-state index contributed by atoms with van der Waals surface area (Å²) in [4.78, 5) is 14.1. The van der Waals surface area contributed by atoms with E-state index in [0.29, 0.717) is 0 Å². The van der Waals surface area contributed by atoms with Gasteiger partial charge in [0.25, 0.3) is 0 Å². The molecule has 11 heteroatoms. The number of alkyl halides is 3. The van der Waals surface area contributed by atoms with Crippen LogP contribution in [0.15, 0.2) is 53.4 Å². The van der Waals surface area contributed by atoms with Crippen molar-refractivity contribution in [3.63, 3.8) is 0 Å². The van der Waals surface area contributed by atoms with E-state index >= 15 is 0 Å². The number of nitrogens with one attached hydrogen (secondary N) is 1. The fraction of sp³-hybridized carbons (Fsp3) is 0.381. The summed E-state index contributed by atoms with van der Waals surface area (Å²) in [5, 5.41) is 3.03. The maximum absolute atomic E-state index is 12.8. The number of hydrogen-bond acceptors (Lipinski definition) is 4. The predicted molar refractivity (Wildman–Crippen MR) is 109 cm³/mol. The van der Waals surface area contributed by atoms with Gasteiger partial charge in [0.1, 0.15) is 5.75 Å². The van der Waals surface area contributed by atoms with E-state index in [9.17, 15) is 26.4 Å². The van der Waals surface area contributed by atoms with Crippen molar-refractivity contribution in [3.8, 4) is 5.75 Å². The fourth-order valence-corrected chi connectivity index (χ4v) is 5.46. The van der Waals surface area contributed by atoms with Gasteiger partial charge in [-0.2, -0.15) is 4.31 Å². The monoisotopic (exact) mass is 469 g/mol. The van der Waals surface area contributed by atoms with Crippen LogP contribution in [-0.4, -0.2) is 56.2 Å². The molecule has 172 valence electrons. The Hall–Kier alpha value is -2.79. The molecular weight excluding hydrogens is 447 g/mol. The van der Waals surface area contributed by atoms with Gasteiger partial charge in [-0.1, -0.05) is 24.3 Å². The highest BCUT2D eigenvalue weighted by molar-refractivity contribution is 7.89. The zero-order valence-corrected chi connectivity index (χ0v) is 17.8. The molecule has 32 heavy (non-hydrogen) atoms. The summed E-state index contributed by atoms with van der Waals surface area (Å²) >= 11 is 0. The summed E-state index contributed by atoms with van der Waals surface area (Å²) in [6, 6.07) is 11.7. The summed E-state index contributed by atoms with van der Waals surface area (Å²) in [5.74, 6) is -0.494. The van der Waals surface area contributed by atoms with Crippen molar-refractivity contribution < 1.29 is 31.1 Å². The van der Waals surface area contributed by atoms with Gasteiger partial charge in [0, 0.05) is 26.2 Å². The summed E-state index contributed by atoms with van der Waals surface area (Å²) in [6.45, 7) is 0.624.